The maximum absolute atomic E-state index is 12.6. The second-order valence-corrected chi connectivity index (χ2v) is 7.96. The normalized spacial score (nSPS) is 24.0. The van der Waals surface area contributed by atoms with E-state index in [2.05, 4.69) is 4.98 Å². The van der Waals surface area contributed by atoms with Gasteiger partial charge in [0.25, 0.3) is 10.0 Å². The molecule has 1 amide bonds. The number of hydrogen-bond donors (Lipinski definition) is 0. The summed E-state index contributed by atoms with van der Waals surface area (Å²) in [5.74, 6) is -0.0385. The van der Waals surface area contributed by atoms with Crippen molar-refractivity contribution in [3.05, 3.63) is 12.5 Å². The summed E-state index contributed by atoms with van der Waals surface area (Å²) in [6, 6.07) is 0. The molecule has 0 saturated carbocycles. The highest BCUT2D eigenvalue weighted by molar-refractivity contribution is 7.89. The molecule has 1 aliphatic rings. The Morgan fingerprint density at radius 1 is 1.43 bits per heavy atom. The standard InChI is InChI=1S/C13H22N4O3S/c1-13(12(18)15(2)3)6-5-7-17(9-13)21(19,20)11-8-16(4)10-14-11/h8,10H,5-7,9H2,1-4H3/t13-/m1/s1. The Morgan fingerprint density at radius 2 is 2.10 bits per heavy atom. The first-order valence-corrected chi connectivity index (χ1v) is 8.31. The number of sulfonamides is 1. The van der Waals surface area contributed by atoms with E-state index in [4.69, 9.17) is 0 Å². The smallest absolute Gasteiger partial charge is 0.262 e. The number of piperidine rings is 1. The van der Waals surface area contributed by atoms with E-state index >= 15 is 0 Å². The van der Waals surface area contributed by atoms with E-state index in [1.807, 2.05) is 6.92 Å². The van der Waals surface area contributed by atoms with Gasteiger partial charge in [-0.25, -0.2) is 13.4 Å². The van der Waals surface area contributed by atoms with Gasteiger partial charge in [0.1, 0.15) is 0 Å². The van der Waals surface area contributed by atoms with Crippen LogP contribution in [-0.2, 0) is 21.9 Å². The number of hydrogen-bond acceptors (Lipinski definition) is 4. The van der Waals surface area contributed by atoms with Gasteiger partial charge < -0.3 is 9.47 Å². The number of aryl methyl sites for hydroxylation is 1. The summed E-state index contributed by atoms with van der Waals surface area (Å²) >= 11 is 0. The molecule has 0 bridgehead atoms. The van der Waals surface area contributed by atoms with Crippen molar-refractivity contribution < 1.29 is 13.2 Å². The molecular formula is C13H22N4O3S. The van der Waals surface area contributed by atoms with Crippen LogP contribution in [0, 0.1) is 5.41 Å². The van der Waals surface area contributed by atoms with Gasteiger partial charge in [0.2, 0.25) is 5.91 Å². The van der Waals surface area contributed by atoms with Crippen LogP contribution < -0.4 is 0 Å². The number of imidazole rings is 1. The van der Waals surface area contributed by atoms with E-state index < -0.39 is 15.4 Å². The molecule has 1 atom stereocenters. The van der Waals surface area contributed by atoms with Crippen molar-refractivity contribution in [3.63, 3.8) is 0 Å². The van der Waals surface area contributed by atoms with Crippen molar-refractivity contribution in [3.8, 4) is 0 Å². The monoisotopic (exact) mass is 314 g/mol. The number of carbonyl (C=O) groups is 1. The van der Waals surface area contributed by atoms with Crippen molar-refractivity contribution in [2.45, 2.75) is 24.8 Å². The molecule has 2 rings (SSSR count). The van der Waals surface area contributed by atoms with Crippen molar-refractivity contribution in [2.24, 2.45) is 12.5 Å². The van der Waals surface area contributed by atoms with E-state index in [1.165, 1.54) is 21.7 Å². The first kappa shape index (κ1) is 16.0. The lowest BCUT2D eigenvalue weighted by atomic mass is 9.81. The minimum atomic E-state index is -3.64. The Bertz CT molecular complexity index is 638. The molecule has 0 unspecified atom stereocenters. The molecule has 0 radical (unpaired) electrons. The summed E-state index contributed by atoms with van der Waals surface area (Å²) in [4.78, 5) is 17.8. The van der Waals surface area contributed by atoms with Crippen LogP contribution in [0.2, 0.25) is 0 Å². The van der Waals surface area contributed by atoms with Gasteiger partial charge in [0, 0.05) is 40.4 Å². The van der Waals surface area contributed by atoms with Crippen LogP contribution in [0.5, 0.6) is 0 Å². The summed E-state index contributed by atoms with van der Waals surface area (Å²) < 4.78 is 28.2. The van der Waals surface area contributed by atoms with Crippen molar-refractivity contribution in [2.75, 3.05) is 27.2 Å². The highest BCUT2D eigenvalue weighted by atomic mass is 32.2. The Morgan fingerprint density at radius 3 is 2.62 bits per heavy atom. The van der Waals surface area contributed by atoms with E-state index in [9.17, 15) is 13.2 Å². The maximum Gasteiger partial charge on any atom is 0.262 e. The molecule has 1 saturated heterocycles. The summed E-state index contributed by atoms with van der Waals surface area (Å²) in [5.41, 5.74) is -0.677. The van der Waals surface area contributed by atoms with Crippen LogP contribution in [0.15, 0.2) is 17.6 Å². The lowest BCUT2D eigenvalue weighted by Crippen LogP contribution is -2.51. The summed E-state index contributed by atoms with van der Waals surface area (Å²) in [6.45, 7) is 2.45. The van der Waals surface area contributed by atoms with Crippen LogP contribution in [0.25, 0.3) is 0 Å². The third kappa shape index (κ3) is 2.96. The second-order valence-electron chi connectivity index (χ2n) is 6.08. The highest BCUT2D eigenvalue weighted by Crippen LogP contribution is 2.33. The van der Waals surface area contributed by atoms with Gasteiger partial charge in [-0.1, -0.05) is 0 Å². The van der Waals surface area contributed by atoms with E-state index in [1.54, 1.807) is 25.7 Å². The zero-order valence-corrected chi connectivity index (χ0v) is 13.7. The van der Waals surface area contributed by atoms with Crippen LogP contribution >= 0.6 is 0 Å². The predicted molar refractivity (Wildman–Crippen MR) is 78.0 cm³/mol. The van der Waals surface area contributed by atoms with Gasteiger partial charge in [-0.05, 0) is 19.8 Å². The van der Waals surface area contributed by atoms with Gasteiger partial charge >= 0.3 is 0 Å². The van der Waals surface area contributed by atoms with Crippen LogP contribution in [0.4, 0.5) is 0 Å². The topological polar surface area (TPSA) is 75.5 Å². The lowest BCUT2D eigenvalue weighted by Gasteiger charge is -2.39. The quantitative estimate of drug-likeness (QED) is 0.804. The van der Waals surface area contributed by atoms with Gasteiger partial charge in [-0.15, -0.1) is 0 Å². The molecule has 0 N–H and O–H groups in total. The zero-order chi connectivity index (χ0) is 15.8. The molecule has 0 aromatic carbocycles. The molecule has 1 aliphatic heterocycles. The number of carbonyl (C=O) groups excluding carboxylic acids is 1. The fourth-order valence-corrected chi connectivity index (χ4v) is 4.34. The minimum absolute atomic E-state index is 0.0338. The summed E-state index contributed by atoms with van der Waals surface area (Å²) in [7, 11) is 1.47. The molecule has 1 fully saturated rings. The van der Waals surface area contributed by atoms with E-state index in [0.29, 0.717) is 19.4 Å². The lowest BCUT2D eigenvalue weighted by molar-refractivity contribution is -0.140. The summed E-state index contributed by atoms with van der Waals surface area (Å²) in [5, 5.41) is 0.0338. The summed E-state index contributed by atoms with van der Waals surface area (Å²) in [6.07, 6.45) is 4.30. The van der Waals surface area contributed by atoms with Gasteiger partial charge in [-0.2, -0.15) is 4.31 Å². The molecule has 21 heavy (non-hydrogen) atoms. The first-order valence-electron chi connectivity index (χ1n) is 6.87. The molecule has 0 aliphatic carbocycles. The maximum atomic E-state index is 12.6. The fraction of sp³-hybridized carbons (Fsp3) is 0.692. The van der Waals surface area contributed by atoms with E-state index in [-0.39, 0.29) is 17.5 Å². The third-order valence-electron chi connectivity index (χ3n) is 3.87. The Balaban J connectivity index is 2.27. The second kappa shape index (κ2) is 5.42. The van der Waals surface area contributed by atoms with Gasteiger partial charge in [-0.3, -0.25) is 4.79 Å². The SMILES string of the molecule is CN(C)C(=O)[C@]1(C)CCCN(S(=O)(=O)c2cn(C)cn2)C1. The van der Waals surface area contributed by atoms with Crippen molar-refractivity contribution in [1.29, 1.82) is 0 Å². The van der Waals surface area contributed by atoms with Crippen molar-refractivity contribution in [1.82, 2.24) is 18.8 Å². The van der Waals surface area contributed by atoms with E-state index in [0.717, 1.165) is 0 Å². The largest absolute Gasteiger partial charge is 0.348 e. The molecule has 118 valence electrons. The highest BCUT2D eigenvalue weighted by Gasteiger charge is 2.43. The number of nitrogens with zero attached hydrogens (tertiary/aromatic N) is 4. The molecular weight excluding hydrogens is 292 g/mol. The molecule has 2 heterocycles. The molecule has 8 heteroatoms. The van der Waals surface area contributed by atoms with Crippen LogP contribution in [-0.4, -0.2) is 60.3 Å². The fourth-order valence-electron chi connectivity index (χ4n) is 2.77. The zero-order valence-electron chi connectivity index (χ0n) is 12.9. The third-order valence-corrected chi connectivity index (χ3v) is 5.60. The average molecular weight is 314 g/mol. The van der Waals surface area contributed by atoms with Crippen LogP contribution in [0.1, 0.15) is 19.8 Å². The Labute approximate surface area is 125 Å². The van der Waals surface area contributed by atoms with Gasteiger partial charge in [0.15, 0.2) is 5.03 Å². The number of aromatic nitrogens is 2. The molecule has 7 nitrogen and oxygen atoms in total. The molecule has 0 spiro atoms. The minimum Gasteiger partial charge on any atom is -0.348 e. The Kier molecular flexibility index (Phi) is 4.12. The predicted octanol–water partition coefficient (Wildman–Crippen LogP) is 0.299. The average Bonchev–Trinajstić information content (AvgIpc) is 2.85. The molecule has 1 aromatic rings. The Hall–Kier alpha value is -1.41. The number of rotatable bonds is 3. The molecule has 1 aromatic heterocycles. The number of amides is 1. The van der Waals surface area contributed by atoms with Gasteiger partial charge in [0.05, 0.1) is 11.7 Å². The van der Waals surface area contributed by atoms with Crippen LogP contribution in [0.3, 0.4) is 0 Å². The first-order chi connectivity index (χ1) is 9.67. The van der Waals surface area contributed by atoms with Crippen molar-refractivity contribution >= 4 is 15.9 Å².